The van der Waals surface area contributed by atoms with Gasteiger partial charge in [-0.15, -0.1) is 0 Å². The Kier molecular flexibility index (Phi) is 23.9. The molecule has 0 atom stereocenters. The summed E-state index contributed by atoms with van der Waals surface area (Å²) in [6.07, 6.45) is 0. The van der Waals surface area contributed by atoms with Gasteiger partial charge < -0.3 is 20.0 Å². The van der Waals surface area contributed by atoms with E-state index in [-0.39, 0.29) is 34.4 Å². The van der Waals surface area contributed by atoms with Crippen molar-refractivity contribution < 1.29 is 26.3 Å². The van der Waals surface area contributed by atoms with Gasteiger partial charge in [0.2, 0.25) is 0 Å². The fourth-order valence-corrected chi connectivity index (χ4v) is 20.0. The summed E-state index contributed by atoms with van der Waals surface area (Å²) in [5.74, 6) is -2.51. The van der Waals surface area contributed by atoms with E-state index in [1.54, 1.807) is 59.5 Å². The van der Waals surface area contributed by atoms with Crippen molar-refractivity contribution in [3.8, 4) is 89.0 Å². The first-order valence-electron chi connectivity index (χ1n) is 46.0. The maximum atomic E-state index is 17.6. The number of para-hydroxylation sites is 4. The number of halogens is 7. The molecule has 139 heavy (non-hydrogen) atoms. The molecule has 0 spiro atoms. The number of rotatable bonds is 19. The summed E-state index contributed by atoms with van der Waals surface area (Å²) in [4.78, 5) is 5.86. The maximum absolute atomic E-state index is 17.6. The molecule has 0 amide bonds. The van der Waals surface area contributed by atoms with Crippen molar-refractivity contribution in [1.82, 2.24) is 0 Å². The van der Waals surface area contributed by atoms with Gasteiger partial charge in [0.15, 0.2) is 0 Å². The molecule has 0 saturated carbocycles. The van der Waals surface area contributed by atoms with Gasteiger partial charge in [-0.3, -0.25) is 0 Å². The van der Waals surface area contributed by atoms with Crippen LogP contribution < -0.4 is 20.0 Å². The molecule has 24 aromatic carbocycles. The predicted molar refractivity (Wildman–Crippen MR) is 571 cm³/mol. The summed E-state index contributed by atoms with van der Waals surface area (Å²) < 4.78 is 99.0. The van der Waals surface area contributed by atoms with Gasteiger partial charge in [-0.2, -0.15) is 0 Å². The molecule has 0 aliphatic rings. The molecule has 24 rings (SSSR count). The van der Waals surface area contributed by atoms with E-state index in [4.69, 9.17) is 0 Å². The highest BCUT2D eigenvalue weighted by Crippen LogP contribution is 2.55. The lowest BCUT2D eigenvalue weighted by Crippen LogP contribution is -2.15. The molecule has 0 saturated heterocycles. The van der Waals surface area contributed by atoms with Crippen LogP contribution in [0.1, 0.15) is 0 Å². The van der Waals surface area contributed by atoms with Gasteiger partial charge in [-0.1, -0.05) is 392 Å². The molecule has 0 aliphatic carbocycles. The zero-order chi connectivity index (χ0) is 94.0. The van der Waals surface area contributed by atoms with Crippen molar-refractivity contribution >= 4 is 143 Å². The van der Waals surface area contributed by atoms with Crippen molar-refractivity contribution in [2.45, 2.75) is 0 Å². The summed E-state index contributed by atoms with van der Waals surface area (Å²) in [5.41, 5.74) is 18.9. The summed E-state index contributed by atoms with van der Waals surface area (Å²) >= 11 is 3.77. The minimum absolute atomic E-state index is 0.204. The van der Waals surface area contributed by atoms with Crippen LogP contribution in [0, 0.1) is 34.9 Å². The first-order valence-corrected chi connectivity index (χ1v) is 46.8. The average molecular weight is 1870 g/mol. The van der Waals surface area contributed by atoms with E-state index in [0.717, 1.165) is 143 Å². The van der Waals surface area contributed by atoms with Crippen molar-refractivity contribution in [3.05, 3.63) is 537 Å². The largest absolute Gasteiger partial charge is 0.350 e. The van der Waals surface area contributed by atoms with Gasteiger partial charge in [0.05, 0.1) is 51.2 Å². The summed E-state index contributed by atoms with van der Waals surface area (Å²) in [6, 6.07) is 160. The Hall–Kier alpha value is -17.4. The number of hydrogen-bond donors (Lipinski definition) is 1. The Morgan fingerprint density at radius 1 is 0.180 bits per heavy atom. The second kappa shape index (κ2) is 38.2. The second-order valence-corrected chi connectivity index (χ2v) is 35.1. The van der Waals surface area contributed by atoms with Gasteiger partial charge in [0.1, 0.15) is 34.9 Å². The van der Waals surface area contributed by atoms with Crippen molar-refractivity contribution in [1.29, 1.82) is 0 Å². The smallest absolute Gasteiger partial charge is 0.148 e. The Bertz CT molecular complexity index is 8590. The SMILES string of the molecule is Fc1cc(-c2ccccc2)cc(-c2ccccc2)c1N(c1ccccc1)c1ccc2ccc3c(Br)ccc4ccc1c2c43.Fc1ccccc1N(c1c(F)cc(-c2ccccc2)cc1-c1ccccc1)c1ccc2ccc3c(N(c4ccccc4)c4c(F)cc(-c5ccccc5)cc4-c4ccccc4)ccc4ccc1c2c43.Fc1ccccc1Nc1c(F)cc(-c2ccccc2)cc1-c1ccccc1. The van der Waals surface area contributed by atoms with Gasteiger partial charge in [0.25, 0.3) is 0 Å². The molecule has 664 valence electrons. The molecule has 0 heterocycles. The molecular weight excluding hydrogens is 1790 g/mol. The predicted octanol–water partition coefficient (Wildman–Crippen LogP) is 37.9. The lowest BCUT2D eigenvalue weighted by molar-refractivity contribution is 0.620. The van der Waals surface area contributed by atoms with Crippen LogP contribution >= 0.6 is 15.9 Å². The molecule has 0 aliphatic heterocycles. The third-order valence-corrected chi connectivity index (χ3v) is 26.6. The molecule has 11 heteroatoms. The number of nitrogens with zero attached hydrogens (tertiary/aromatic N) is 3. The Morgan fingerprint density at radius 3 is 0.791 bits per heavy atom. The van der Waals surface area contributed by atoms with Crippen LogP contribution in [0.15, 0.2) is 502 Å². The van der Waals surface area contributed by atoms with Crippen LogP contribution in [0.25, 0.3) is 154 Å². The fraction of sp³-hybridized carbons (Fsp3) is 0. The highest BCUT2D eigenvalue weighted by atomic mass is 79.9. The fourth-order valence-electron chi connectivity index (χ4n) is 19.5. The van der Waals surface area contributed by atoms with Crippen LogP contribution in [-0.4, -0.2) is 0 Å². The van der Waals surface area contributed by atoms with Gasteiger partial charge >= 0.3 is 0 Å². The summed E-state index contributed by atoms with van der Waals surface area (Å²) in [6.45, 7) is 0. The topological polar surface area (TPSA) is 21.8 Å². The summed E-state index contributed by atoms with van der Waals surface area (Å²) in [5, 5.41) is 15.4. The van der Waals surface area contributed by atoms with E-state index < -0.39 is 23.3 Å². The van der Waals surface area contributed by atoms with Gasteiger partial charge in [0, 0.05) is 54.3 Å². The zero-order valence-corrected chi connectivity index (χ0v) is 76.4. The normalized spacial score (nSPS) is 11.3. The number of benzene rings is 24. The van der Waals surface area contributed by atoms with E-state index in [1.807, 2.05) is 320 Å². The third-order valence-electron chi connectivity index (χ3n) is 25.9. The van der Waals surface area contributed by atoms with E-state index in [0.29, 0.717) is 33.8 Å². The second-order valence-electron chi connectivity index (χ2n) is 34.3. The van der Waals surface area contributed by atoms with E-state index >= 15 is 22.0 Å². The minimum atomic E-state index is -0.500. The minimum Gasteiger partial charge on any atom is -0.350 e. The molecule has 0 bridgehead atoms. The zero-order valence-electron chi connectivity index (χ0n) is 74.8. The first kappa shape index (κ1) is 87.0. The number of nitrogens with one attached hydrogen (secondary N) is 1. The third kappa shape index (κ3) is 16.9. The maximum Gasteiger partial charge on any atom is 0.148 e. The van der Waals surface area contributed by atoms with Crippen LogP contribution in [-0.2, 0) is 0 Å². The van der Waals surface area contributed by atoms with E-state index in [2.05, 4.69) is 135 Å². The first-order chi connectivity index (χ1) is 68.4. The molecule has 0 aromatic heterocycles. The standard InChI is InChI=1S/C64H41F3N2.C40H25BrFN.C24H17F2N/c65-55-28-16-17-29-60(55)69(64-54(45-24-12-4-13-25-45)39-49(41-57(64)67)43-20-8-2-9-21-43)59-37-33-47-30-34-51-58(36-32-46-31-35-52(59)62(47)61(46)51)68(50-26-14-5-15-27-50)63-53(44-22-10-3-11-23-44)38-48(40-56(63)66)42-18-6-1-7-19-42;41-35-22-18-28-17-21-33-37(23-19-29-16-20-32(35)38(28)39(29)33)43(31-14-8-3-9-15-31)40-34(27-12-6-2-7-13-27)24-30(25-36(40)42)26-10-4-1-5-11-26;25-21-13-7-8-14-23(21)27-24-20(18-11-5-2-6-12-18)15-19(16-22(24)26)17-9-3-1-4-10-17/h1-41H;1-25H;1-16,27H. The van der Waals surface area contributed by atoms with Crippen molar-refractivity contribution in [2.24, 2.45) is 0 Å². The van der Waals surface area contributed by atoms with E-state index in [9.17, 15) is 4.39 Å². The highest BCUT2D eigenvalue weighted by Gasteiger charge is 2.32. The van der Waals surface area contributed by atoms with Gasteiger partial charge in [-0.25, -0.2) is 26.3 Å². The van der Waals surface area contributed by atoms with Crippen LogP contribution in [0.4, 0.5) is 88.9 Å². The molecule has 4 nitrogen and oxygen atoms in total. The molecule has 0 fully saturated rings. The quantitative estimate of drug-likeness (QED) is 0.0643. The lowest BCUT2D eigenvalue weighted by atomic mass is 9.90. The molecule has 0 unspecified atom stereocenters. The lowest BCUT2D eigenvalue weighted by Gasteiger charge is -2.31. The van der Waals surface area contributed by atoms with Crippen LogP contribution in [0.3, 0.4) is 0 Å². The van der Waals surface area contributed by atoms with Gasteiger partial charge in [-0.05, 0) is 237 Å². The van der Waals surface area contributed by atoms with E-state index in [1.165, 1.54) is 39.7 Å². The average Bonchev–Trinajstić information content (AvgIpc) is 0.696. The van der Waals surface area contributed by atoms with Crippen molar-refractivity contribution in [2.75, 3.05) is 20.0 Å². The summed E-state index contributed by atoms with van der Waals surface area (Å²) in [7, 11) is 0. The number of anilines is 11. The molecule has 24 aromatic rings. The highest BCUT2D eigenvalue weighted by molar-refractivity contribution is 9.10. The monoisotopic (exact) mass is 1870 g/mol. The van der Waals surface area contributed by atoms with Crippen LogP contribution in [0.5, 0.6) is 0 Å². The Labute approximate surface area is 809 Å². The molecular formula is C128H83BrF6N4. The Balaban J connectivity index is 0.000000134. The van der Waals surface area contributed by atoms with Crippen LogP contribution in [0.2, 0.25) is 0 Å². The Morgan fingerprint density at radius 2 is 0.439 bits per heavy atom. The number of hydrogen-bond acceptors (Lipinski definition) is 4. The molecule has 1 N–H and O–H groups in total. The molecule has 0 radical (unpaired) electrons. The van der Waals surface area contributed by atoms with Crippen molar-refractivity contribution in [3.63, 3.8) is 0 Å².